The van der Waals surface area contributed by atoms with E-state index in [4.69, 9.17) is 16.7 Å². The summed E-state index contributed by atoms with van der Waals surface area (Å²) < 4.78 is 0. The van der Waals surface area contributed by atoms with Crippen molar-refractivity contribution in [2.75, 3.05) is 32.7 Å². The molecule has 0 atom stereocenters. The number of hydrogen-bond acceptors (Lipinski definition) is 5. The Balaban J connectivity index is 1.38. The number of nitrogens with zero attached hydrogens (tertiary/aromatic N) is 3. The number of rotatable bonds is 7. The Morgan fingerprint density at radius 1 is 1.00 bits per heavy atom. The number of aromatic carboxylic acids is 1. The molecule has 3 rings (SSSR count). The Morgan fingerprint density at radius 3 is 2.24 bits per heavy atom. The van der Waals surface area contributed by atoms with Crippen LogP contribution in [0.15, 0.2) is 53.6 Å². The van der Waals surface area contributed by atoms with Gasteiger partial charge in [0.15, 0.2) is 0 Å². The summed E-state index contributed by atoms with van der Waals surface area (Å²) in [5.41, 5.74) is 4.67. The van der Waals surface area contributed by atoms with Crippen LogP contribution in [-0.4, -0.2) is 65.7 Å². The first-order valence-electron chi connectivity index (χ1n) is 9.34. The van der Waals surface area contributed by atoms with E-state index in [9.17, 15) is 9.59 Å². The summed E-state index contributed by atoms with van der Waals surface area (Å²) in [5, 5.41) is 13.6. The molecule has 1 aliphatic rings. The summed E-state index contributed by atoms with van der Waals surface area (Å²) in [4.78, 5) is 27.4. The van der Waals surface area contributed by atoms with Gasteiger partial charge in [-0.15, -0.1) is 0 Å². The highest BCUT2D eigenvalue weighted by Crippen LogP contribution is 2.12. The highest BCUT2D eigenvalue weighted by Gasteiger charge is 2.18. The van der Waals surface area contributed by atoms with Crippen LogP contribution < -0.4 is 5.43 Å². The summed E-state index contributed by atoms with van der Waals surface area (Å²) in [7, 11) is 0. The third-order valence-electron chi connectivity index (χ3n) is 4.71. The van der Waals surface area contributed by atoms with Gasteiger partial charge in [0.05, 0.1) is 18.3 Å². The molecule has 7 nitrogen and oxygen atoms in total. The quantitative estimate of drug-likeness (QED) is 0.536. The van der Waals surface area contributed by atoms with Crippen molar-refractivity contribution in [3.63, 3.8) is 0 Å². The molecule has 0 aromatic heterocycles. The molecule has 0 spiro atoms. The summed E-state index contributed by atoms with van der Waals surface area (Å²) >= 11 is 5.92. The van der Waals surface area contributed by atoms with Crippen LogP contribution >= 0.6 is 11.6 Å². The number of nitrogens with one attached hydrogen (secondary N) is 1. The lowest BCUT2D eigenvalue weighted by atomic mass is 10.1. The summed E-state index contributed by atoms with van der Waals surface area (Å²) in [6, 6.07) is 14.1. The van der Waals surface area contributed by atoms with Crippen molar-refractivity contribution in [2.45, 2.75) is 6.54 Å². The minimum Gasteiger partial charge on any atom is -0.478 e. The zero-order chi connectivity index (χ0) is 20.6. The Hall–Kier alpha value is -2.74. The number of hydrogen-bond donors (Lipinski definition) is 2. The second kappa shape index (κ2) is 10.2. The third kappa shape index (κ3) is 6.67. The SMILES string of the molecule is O=C(CN1CCN(Cc2ccc(Cl)cc2)CC1)NN=Cc1ccc(C(=O)O)cc1. The summed E-state index contributed by atoms with van der Waals surface area (Å²) in [5.74, 6) is -1.15. The van der Waals surface area contributed by atoms with Gasteiger partial charge in [0.25, 0.3) is 5.91 Å². The van der Waals surface area contributed by atoms with Crippen LogP contribution in [0.5, 0.6) is 0 Å². The average Bonchev–Trinajstić information content (AvgIpc) is 2.71. The number of piperazine rings is 1. The Kier molecular flexibility index (Phi) is 7.35. The van der Waals surface area contributed by atoms with E-state index in [1.54, 1.807) is 12.1 Å². The van der Waals surface area contributed by atoms with E-state index in [0.717, 1.165) is 37.7 Å². The van der Waals surface area contributed by atoms with Crippen molar-refractivity contribution in [3.05, 3.63) is 70.2 Å². The van der Waals surface area contributed by atoms with Crippen LogP contribution in [-0.2, 0) is 11.3 Å². The molecule has 152 valence electrons. The van der Waals surface area contributed by atoms with Gasteiger partial charge in [-0.3, -0.25) is 14.6 Å². The molecule has 2 N–H and O–H groups in total. The fraction of sp³-hybridized carbons (Fsp3) is 0.286. The van der Waals surface area contributed by atoms with E-state index < -0.39 is 5.97 Å². The van der Waals surface area contributed by atoms with E-state index in [2.05, 4.69) is 20.3 Å². The maximum Gasteiger partial charge on any atom is 0.335 e. The van der Waals surface area contributed by atoms with Crippen LogP contribution in [0.3, 0.4) is 0 Å². The molecule has 2 aromatic rings. The van der Waals surface area contributed by atoms with Crippen molar-refractivity contribution < 1.29 is 14.7 Å². The highest BCUT2D eigenvalue weighted by atomic mass is 35.5. The lowest BCUT2D eigenvalue weighted by Gasteiger charge is -2.34. The number of carbonyl (C=O) groups is 2. The van der Waals surface area contributed by atoms with Crippen molar-refractivity contribution in [2.24, 2.45) is 5.10 Å². The molecule has 0 saturated carbocycles. The van der Waals surface area contributed by atoms with Gasteiger partial charge < -0.3 is 5.11 Å². The first-order chi connectivity index (χ1) is 14.0. The summed E-state index contributed by atoms with van der Waals surface area (Å²) in [6.07, 6.45) is 1.49. The van der Waals surface area contributed by atoms with Gasteiger partial charge in [-0.2, -0.15) is 5.10 Å². The molecular formula is C21H23ClN4O3. The number of amides is 1. The molecule has 0 bridgehead atoms. The molecule has 0 unspecified atom stereocenters. The first kappa shape index (κ1) is 21.0. The molecule has 1 fully saturated rings. The molecule has 0 aliphatic carbocycles. The third-order valence-corrected chi connectivity index (χ3v) is 4.96. The Morgan fingerprint density at radius 2 is 1.62 bits per heavy atom. The van der Waals surface area contributed by atoms with Gasteiger partial charge in [-0.1, -0.05) is 35.9 Å². The van der Waals surface area contributed by atoms with E-state index in [1.807, 2.05) is 24.3 Å². The summed E-state index contributed by atoms with van der Waals surface area (Å²) in [6.45, 7) is 4.61. The number of carboxylic acids is 1. The Bertz CT molecular complexity index is 860. The predicted molar refractivity (Wildman–Crippen MR) is 112 cm³/mol. The van der Waals surface area contributed by atoms with Crippen molar-refractivity contribution >= 4 is 29.7 Å². The molecule has 1 aliphatic heterocycles. The number of benzene rings is 2. The fourth-order valence-corrected chi connectivity index (χ4v) is 3.21. The molecule has 2 aromatic carbocycles. The normalized spacial score (nSPS) is 15.5. The van der Waals surface area contributed by atoms with Crippen LogP contribution in [0.25, 0.3) is 0 Å². The number of hydrazone groups is 1. The molecule has 8 heteroatoms. The predicted octanol–water partition coefficient (Wildman–Crippen LogP) is 2.31. The van der Waals surface area contributed by atoms with Gasteiger partial charge in [-0.25, -0.2) is 10.2 Å². The highest BCUT2D eigenvalue weighted by molar-refractivity contribution is 6.30. The van der Waals surface area contributed by atoms with E-state index in [1.165, 1.54) is 23.9 Å². The van der Waals surface area contributed by atoms with Crippen molar-refractivity contribution in [1.29, 1.82) is 0 Å². The zero-order valence-corrected chi connectivity index (χ0v) is 16.7. The van der Waals surface area contributed by atoms with Gasteiger partial charge >= 0.3 is 5.97 Å². The second-order valence-corrected chi connectivity index (χ2v) is 7.34. The van der Waals surface area contributed by atoms with Crippen LogP contribution in [0, 0.1) is 0 Å². The number of halogens is 1. The maximum absolute atomic E-state index is 12.1. The van der Waals surface area contributed by atoms with Gasteiger partial charge in [0.1, 0.15) is 0 Å². The van der Waals surface area contributed by atoms with Crippen LogP contribution in [0.4, 0.5) is 0 Å². The second-order valence-electron chi connectivity index (χ2n) is 6.90. The Labute approximate surface area is 174 Å². The molecule has 1 amide bonds. The molecule has 1 heterocycles. The largest absolute Gasteiger partial charge is 0.478 e. The van der Waals surface area contributed by atoms with E-state index >= 15 is 0 Å². The molecule has 0 radical (unpaired) electrons. The first-order valence-corrected chi connectivity index (χ1v) is 9.72. The van der Waals surface area contributed by atoms with Gasteiger partial charge in [0, 0.05) is 37.7 Å². The monoisotopic (exact) mass is 414 g/mol. The van der Waals surface area contributed by atoms with Gasteiger partial charge in [0.2, 0.25) is 0 Å². The number of carboxylic acid groups (broad SMARTS) is 1. The lowest BCUT2D eigenvalue weighted by Crippen LogP contribution is -2.48. The minimum atomic E-state index is -0.977. The fourth-order valence-electron chi connectivity index (χ4n) is 3.08. The number of carbonyl (C=O) groups excluding carboxylic acids is 1. The van der Waals surface area contributed by atoms with Crippen molar-refractivity contribution in [1.82, 2.24) is 15.2 Å². The maximum atomic E-state index is 12.1. The van der Waals surface area contributed by atoms with Crippen LogP contribution in [0.2, 0.25) is 5.02 Å². The average molecular weight is 415 g/mol. The van der Waals surface area contributed by atoms with Crippen molar-refractivity contribution in [3.8, 4) is 0 Å². The van der Waals surface area contributed by atoms with E-state index in [-0.39, 0.29) is 11.5 Å². The van der Waals surface area contributed by atoms with E-state index in [0.29, 0.717) is 12.1 Å². The smallest absolute Gasteiger partial charge is 0.335 e. The standard InChI is InChI=1S/C21H23ClN4O3/c22-19-7-3-17(4-8-19)14-25-9-11-26(12-10-25)15-20(27)24-23-13-16-1-5-18(6-2-16)21(28)29/h1-8,13H,9-12,14-15H2,(H,24,27)(H,28,29). The topological polar surface area (TPSA) is 85.2 Å². The van der Waals surface area contributed by atoms with Crippen LogP contribution in [0.1, 0.15) is 21.5 Å². The lowest BCUT2D eigenvalue weighted by molar-refractivity contribution is -0.122. The minimum absolute atomic E-state index is 0.172. The molecule has 1 saturated heterocycles. The van der Waals surface area contributed by atoms with Gasteiger partial charge in [-0.05, 0) is 35.4 Å². The molecule has 29 heavy (non-hydrogen) atoms. The molecular weight excluding hydrogens is 392 g/mol. The zero-order valence-electron chi connectivity index (χ0n) is 15.9.